The van der Waals surface area contributed by atoms with Gasteiger partial charge in [0, 0.05) is 51.7 Å². The molecule has 0 amide bonds. The summed E-state index contributed by atoms with van der Waals surface area (Å²) in [6.07, 6.45) is 6.62. The van der Waals surface area contributed by atoms with Crippen LogP contribution in [0.3, 0.4) is 0 Å². The Morgan fingerprint density at radius 3 is 3.10 bits per heavy atom. The second kappa shape index (κ2) is 7.56. The van der Waals surface area contributed by atoms with Crippen LogP contribution in [0.15, 0.2) is 17.2 Å². The van der Waals surface area contributed by atoms with Gasteiger partial charge in [-0.15, -0.1) is 0 Å². The highest BCUT2D eigenvalue weighted by Crippen LogP contribution is 2.15. The number of aryl methyl sites for hydroxylation is 1. The molecule has 1 aromatic rings. The number of piperidine rings is 1. The van der Waals surface area contributed by atoms with E-state index in [4.69, 9.17) is 4.74 Å². The zero-order chi connectivity index (χ0) is 15.2. The quantitative estimate of drug-likeness (QED) is 0.839. The molecule has 6 nitrogen and oxygen atoms in total. The summed E-state index contributed by atoms with van der Waals surface area (Å²) in [5, 5.41) is 3.64. The highest BCUT2D eigenvalue weighted by atomic mass is 16.5. The minimum atomic E-state index is -0.0258. The Bertz CT molecular complexity index is 503. The second-order valence-corrected chi connectivity index (χ2v) is 5.68. The number of nitrogens with zero attached hydrogens (tertiary/aromatic N) is 3. The van der Waals surface area contributed by atoms with E-state index in [2.05, 4.69) is 22.1 Å². The number of anilines is 1. The second-order valence-electron chi connectivity index (χ2n) is 5.68. The van der Waals surface area contributed by atoms with Gasteiger partial charge in [0.25, 0.3) is 5.56 Å². The predicted molar refractivity (Wildman–Crippen MR) is 83.8 cm³/mol. The lowest BCUT2D eigenvalue weighted by molar-refractivity contribution is 0.156. The van der Waals surface area contributed by atoms with Crippen LogP contribution in [0.25, 0.3) is 0 Å². The molecular formula is C15H26N4O2. The fraction of sp³-hybridized carbons (Fsp3) is 0.733. The highest BCUT2D eigenvalue weighted by Gasteiger charge is 2.24. The van der Waals surface area contributed by atoms with Crippen molar-refractivity contribution in [3.8, 4) is 0 Å². The van der Waals surface area contributed by atoms with E-state index in [1.807, 2.05) is 0 Å². The van der Waals surface area contributed by atoms with E-state index >= 15 is 0 Å². The van der Waals surface area contributed by atoms with Crippen molar-refractivity contribution in [2.45, 2.75) is 38.3 Å². The van der Waals surface area contributed by atoms with Crippen molar-refractivity contribution >= 4 is 5.82 Å². The fourth-order valence-corrected chi connectivity index (χ4v) is 2.83. The van der Waals surface area contributed by atoms with Gasteiger partial charge in [-0.2, -0.15) is 0 Å². The Hall–Kier alpha value is -1.40. The molecule has 1 aliphatic heterocycles. The molecule has 1 aliphatic rings. The van der Waals surface area contributed by atoms with E-state index < -0.39 is 0 Å². The maximum atomic E-state index is 12.2. The molecule has 1 N–H and O–H groups in total. The van der Waals surface area contributed by atoms with Gasteiger partial charge in [0.05, 0.1) is 6.61 Å². The van der Waals surface area contributed by atoms with Crippen LogP contribution in [0.2, 0.25) is 0 Å². The third-order valence-corrected chi connectivity index (χ3v) is 4.05. The van der Waals surface area contributed by atoms with Crippen molar-refractivity contribution in [2.24, 2.45) is 7.05 Å². The molecule has 0 saturated carbocycles. The van der Waals surface area contributed by atoms with Crippen molar-refractivity contribution in [2.75, 3.05) is 31.7 Å². The summed E-state index contributed by atoms with van der Waals surface area (Å²) in [5.41, 5.74) is -0.0258. The smallest absolute Gasteiger partial charge is 0.293 e. The maximum absolute atomic E-state index is 12.2. The summed E-state index contributed by atoms with van der Waals surface area (Å²) >= 11 is 0. The van der Waals surface area contributed by atoms with Crippen LogP contribution in [-0.4, -0.2) is 48.4 Å². The van der Waals surface area contributed by atoms with Crippen molar-refractivity contribution in [1.29, 1.82) is 0 Å². The van der Waals surface area contributed by atoms with Crippen molar-refractivity contribution in [3.05, 3.63) is 22.7 Å². The summed E-state index contributed by atoms with van der Waals surface area (Å²) in [5.74, 6) is 0.561. The van der Waals surface area contributed by atoms with Crippen LogP contribution in [0.4, 0.5) is 5.82 Å². The molecule has 0 radical (unpaired) electrons. The van der Waals surface area contributed by atoms with Crippen LogP contribution < -0.4 is 15.8 Å². The molecule has 118 valence electrons. The highest BCUT2D eigenvalue weighted by molar-refractivity contribution is 5.36. The van der Waals surface area contributed by atoms with Gasteiger partial charge >= 0.3 is 0 Å². The Balaban J connectivity index is 2.03. The molecule has 0 aliphatic carbocycles. The number of methoxy groups -OCH3 is 1. The topological polar surface area (TPSA) is 59.4 Å². The lowest BCUT2D eigenvalue weighted by Gasteiger charge is -2.35. The summed E-state index contributed by atoms with van der Waals surface area (Å²) in [4.78, 5) is 18.5. The molecule has 21 heavy (non-hydrogen) atoms. The molecule has 6 heteroatoms. The number of hydrogen-bond donors (Lipinski definition) is 1. The predicted octanol–water partition coefficient (Wildman–Crippen LogP) is 0.764. The number of aromatic nitrogens is 2. The molecule has 0 spiro atoms. The molecule has 1 aromatic heterocycles. The largest absolute Gasteiger partial charge is 0.383 e. The molecule has 2 heterocycles. The number of ether oxygens (including phenoxy) is 1. The van der Waals surface area contributed by atoms with E-state index in [0.717, 1.165) is 39.0 Å². The van der Waals surface area contributed by atoms with Gasteiger partial charge in [-0.25, -0.2) is 4.98 Å². The number of rotatable bonds is 6. The van der Waals surface area contributed by atoms with Gasteiger partial charge in [-0.1, -0.05) is 6.92 Å². The Labute approximate surface area is 126 Å². The molecule has 1 saturated heterocycles. The minimum absolute atomic E-state index is 0.0258. The molecule has 0 bridgehead atoms. The number of nitrogens with one attached hydrogen (secondary N) is 1. The first-order chi connectivity index (χ1) is 10.2. The summed E-state index contributed by atoms with van der Waals surface area (Å²) in [6, 6.07) is 0.747. The third kappa shape index (κ3) is 4.04. The molecular weight excluding hydrogens is 268 g/mol. The van der Waals surface area contributed by atoms with Gasteiger partial charge < -0.3 is 19.5 Å². The monoisotopic (exact) mass is 294 g/mol. The molecule has 0 unspecified atom stereocenters. The van der Waals surface area contributed by atoms with Gasteiger partial charge in [0.2, 0.25) is 0 Å². The minimum Gasteiger partial charge on any atom is -0.383 e. The molecule has 1 fully saturated rings. The average Bonchev–Trinajstić information content (AvgIpc) is 2.50. The summed E-state index contributed by atoms with van der Waals surface area (Å²) in [7, 11) is 3.49. The first-order valence-corrected chi connectivity index (χ1v) is 7.67. The van der Waals surface area contributed by atoms with Crippen molar-refractivity contribution in [1.82, 2.24) is 14.9 Å². The number of hydrogen-bond acceptors (Lipinski definition) is 5. The fourth-order valence-electron chi connectivity index (χ4n) is 2.83. The van der Waals surface area contributed by atoms with E-state index in [1.54, 1.807) is 31.1 Å². The van der Waals surface area contributed by atoms with E-state index in [1.165, 1.54) is 0 Å². The SMILES string of the molecule is CC[C@@H](COC)N[C@H]1CCCN(c2nccn(C)c2=O)C1. The van der Waals surface area contributed by atoms with Gasteiger partial charge in [-0.3, -0.25) is 4.79 Å². The van der Waals surface area contributed by atoms with Crippen molar-refractivity contribution < 1.29 is 4.74 Å². The van der Waals surface area contributed by atoms with Crippen LogP contribution in [0, 0.1) is 0 Å². The van der Waals surface area contributed by atoms with Gasteiger partial charge in [0.15, 0.2) is 5.82 Å². The Morgan fingerprint density at radius 2 is 2.38 bits per heavy atom. The zero-order valence-corrected chi connectivity index (χ0v) is 13.2. The van der Waals surface area contributed by atoms with Gasteiger partial charge in [0.1, 0.15) is 0 Å². The summed E-state index contributed by atoms with van der Waals surface area (Å²) < 4.78 is 6.82. The first kappa shape index (κ1) is 16.0. The third-order valence-electron chi connectivity index (χ3n) is 4.05. The van der Waals surface area contributed by atoms with Crippen LogP contribution in [0.5, 0.6) is 0 Å². The summed E-state index contributed by atoms with van der Waals surface area (Å²) in [6.45, 7) is 4.60. The van der Waals surface area contributed by atoms with E-state index in [9.17, 15) is 4.79 Å². The Kier molecular flexibility index (Phi) is 5.76. The standard InChI is InChI=1S/C15H26N4O2/c1-4-12(11-21-3)17-13-6-5-8-19(10-13)14-15(20)18(2)9-7-16-14/h7,9,12-13,17H,4-6,8,10-11H2,1-3H3/t12-,13-/m0/s1. The van der Waals surface area contributed by atoms with Crippen LogP contribution in [-0.2, 0) is 11.8 Å². The normalized spacial score (nSPS) is 20.5. The Morgan fingerprint density at radius 1 is 1.57 bits per heavy atom. The van der Waals surface area contributed by atoms with Crippen LogP contribution >= 0.6 is 0 Å². The van der Waals surface area contributed by atoms with Gasteiger partial charge in [-0.05, 0) is 19.3 Å². The molecule has 2 rings (SSSR count). The average molecular weight is 294 g/mol. The zero-order valence-electron chi connectivity index (χ0n) is 13.2. The molecule has 2 atom stereocenters. The lowest BCUT2D eigenvalue weighted by atomic mass is 10.0. The molecule has 0 aromatic carbocycles. The first-order valence-electron chi connectivity index (χ1n) is 7.67. The maximum Gasteiger partial charge on any atom is 0.293 e. The lowest BCUT2D eigenvalue weighted by Crippen LogP contribution is -2.51. The van der Waals surface area contributed by atoms with E-state index in [0.29, 0.717) is 17.9 Å². The van der Waals surface area contributed by atoms with Crippen LogP contribution in [0.1, 0.15) is 26.2 Å². The van der Waals surface area contributed by atoms with Crippen molar-refractivity contribution in [3.63, 3.8) is 0 Å². The van der Waals surface area contributed by atoms with E-state index in [-0.39, 0.29) is 5.56 Å².